The molecule has 1 rings (SSSR count). The number of nitrogens with one attached hydrogen (secondary N) is 1. The summed E-state index contributed by atoms with van der Waals surface area (Å²) < 4.78 is 11.0. The lowest BCUT2D eigenvalue weighted by Gasteiger charge is -2.31. The fourth-order valence-electron chi connectivity index (χ4n) is 2.02. The highest BCUT2D eigenvalue weighted by atomic mass is 16.5. The van der Waals surface area contributed by atoms with Gasteiger partial charge in [0.1, 0.15) is 0 Å². The molecule has 2 N–H and O–H groups in total. The molecule has 1 aromatic carbocycles. The number of benzene rings is 1. The number of hydrogen-bond acceptors (Lipinski definition) is 4. The molecule has 1 atom stereocenters. The van der Waals surface area contributed by atoms with E-state index in [1.807, 2.05) is 31.2 Å². The summed E-state index contributed by atoms with van der Waals surface area (Å²) >= 11 is 0. The van der Waals surface area contributed by atoms with Crippen LogP contribution in [0.3, 0.4) is 0 Å². The van der Waals surface area contributed by atoms with E-state index in [1.54, 1.807) is 7.11 Å². The van der Waals surface area contributed by atoms with Crippen LogP contribution in [0.4, 0.5) is 0 Å². The van der Waals surface area contributed by atoms with Crippen molar-refractivity contribution in [3.63, 3.8) is 0 Å². The minimum atomic E-state index is -0.323. The van der Waals surface area contributed by atoms with Crippen molar-refractivity contribution in [1.82, 2.24) is 5.32 Å². The van der Waals surface area contributed by atoms with Gasteiger partial charge in [0, 0.05) is 18.0 Å². The Morgan fingerprint density at radius 3 is 2.42 bits per heavy atom. The second-order valence-corrected chi connectivity index (χ2v) is 5.27. The third kappa shape index (κ3) is 5.09. The van der Waals surface area contributed by atoms with Crippen LogP contribution < -0.4 is 14.8 Å². The Morgan fingerprint density at radius 2 is 1.89 bits per heavy atom. The number of aliphatic hydroxyl groups is 1. The Hall–Kier alpha value is -1.26. The second-order valence-electron chi connectivity index (χ2n) is 5.27. The molecular formula is C15H25NO3. The molecule has 0 heterocycles. The maximum absolute atomic E-state index is 9.49. The summed E-state index contributed by atoms with van der Waals surface area (Å²) in [5.41, 5.74) is -0.323. The van der Waals surface area contributed by atoms with Gasteiger partial charge in [-0.3, -0.25) is 0 Å². The number of para-hydroxylation sites is 2. The van der Waals surface area contributed by atoms with Gasteiger partial charge >= 0.3 is 0 Å². The zero-order chi connectivity index (χ0) is 14.3. The van der Waals surface area contributed by atoms with E-state index in [1.165, 1.54) is 0 Å². The van der Waals surface area contributed by atoms with Gasteiger partial charge in [0.25, 0.3) is 0 Å². The van der Waals surface area contributed by atoms with Crippen molar-refractivity contribution in [3.05, 3.63) is 24.3 Å². The van der Waals surface area contributed by atoms with Crippen LogP contribution in [-0.4, -0.2) is 37.0 Å². The third-order valence-electron chi connectivity index (χ3n) is 2.97. The summed E-state index contributed by atoms with van der Waals surface area (Å²) in [4.78, 5) is 0. The maximum atomic E-state index is 9.49. The molecule has 0 bridgehead atoms. The Labute approximate surface area is 115 Å². The monoisotopic (exact) mass is 267 g/mol. The molecule has 0 saturated carbocycles. The molecule has 0 aliphatic rings. The fourth-order valence-corrected chi connectivity index (χ4v) is 2.02. The Kier molecular flexibility index (Phi) is 6.12. The van der Waals surface area contributed by atoms with Gasteiger partial charge in [-0.2, -0.15) is 0 Å². The molecule has 0 fully saturated rings. The molecule has 0 spiro atoms. The average Bonchev–Trinajstić information content (AvgIpc) is 2.38. The van der Waals surface area contributed by atoms with Gasteiger partial charge in [-0.15, -0.1) is 0 Å². The number of ether oxygens (including phenoxy) is 2. The second kappa shape index (κ2) is 7.36. The van der Waals surface area contributed by atoms with Crippen LogP contribution in [-0.2, 0) is 0 Å². The number of methoxy groups -OCH3 is 1. The maximum Gasteiger partial charge on any atom is 0.161 e. The van der Waals surface area contributed by atoms with Crippen LogP contribution in [0.1, 0.15) is 27.2 Å². The van der Waals surface area contributed by atoms with Gasteiger partial charge in [0.2, 0.25) is 0 Å². The molecule has 0 aliphatic heterocycles. The SMILES string of the molecule is COc1ccccc1OCCC(C)(CO)NC(C)C. The van der Waals surface area contributed by atoms with E-state index in [2.05, 4.69) is 19.2 Å². The molecule has 0 radical (unpaired) electrons. The van der Waals surface area contributed by atoms with Gasteiger partial charge in [-0.1, -0.05) is 26.0 Å². The summed E-state index contributed by atoms with van der Waals surface area (Å²) in [5, 5.41) is 12.8. The van der Waals surface area contributed by atoms with E-state index in [4.69, 9.17) is 9.47 Å². The summed E-state index contributed by atoms with van der Waals surface area (Å²) in [6.07, 6.45) is 0.722. The van der Waals surface area contributed by atoms with E-state index in [-0.39, 0.29) is 12.1 Å². The molecule has 0 aromatic heterocycles. The fraction of sp³-hybridized carbons (Fsp3) is 0.600. The Morgan fingerprint density at radius 1 is 1.26 bits per heavy atom. The molecule has 0 saturated heterocycles. The first-order valence-electron chi connectivity index (χ1n) is 6.65. The molecule has 0 aliphatic carbocycles. The molecule has 108 valence electrons. The van der Waals surface area contributed by atoms with Crippen LogP contribution in [0.2, 0.25) is 0 Å². The predicted molar refractivity (Wildman–Crippen MR) is 76.9 cm³/mol. The van der Waals surface area contributed by atoms with Crippen molar-refractivity contribution in [2.24, 2.45) is 0 Å². The van der Waals surface area contributed by atoms with Crippen LogP contribution in [0, 0.1) is 0 Å². The van der Waals surface area contributed by atoms with Crippen molar-refractivity contribution in [2.75, 3.05) is 20.3 Å². The van der Waals surface area contributed by atoms with E-state index in [0.29, 0.717) is 12.6 Å². The Balaban J connectivity index is 2.52. The highest BCUT2D eigenvalue weighted by Crippen LogP contribution is 2.26. The van der Waals surface area contributed by atoms with E-state index < -0.39 is 0 Å². The van der Waals surface area contributed by atoms with Crippen LogP contribution in [0.5, 0.6) is 11.5 Å². The zero-order valence-electron chi connectivity index (χ0n) is 12.3. The third-order valence-corrected chi connectivity index (χ3v) is 2.97. The highest BCUT2D eigenvalue weighted by molar-refractivity contribution is 5.39. The van der Waals surface area contributed by atoms with Crippen molar-refractivity contribution in [3.8, 4) is 11.5 Å². The summed E-state index contributed by atoms with van der Waals surface area (Å²) in [5.74, 6) is 1.46. The van der Waals surface area contributed by atoms with Crippen LogP contribution >= 0.6 is 0 Å². The van der Waals surface area contributed by atoms with Gasteiger partial charge < -0.3 is 19.9 Å². The van der Waals surface area contributed by atoms with E-state index >= 15 is 0 Å². The standard InChI is InChI=1S/C15H25NO3/c1-12(2)16-15(3,11-17)9-10-19-14-8-6-5-7-13(14)18-4/h5-8,12,16-17H,9-11H2,1-4H3. The van der Waals surface area contributed by atoms with E-state index in [9.17, 15) is 5.11 Å². The summed E-state index contributed by atoms with van der Waals surface area (Å²) in [6.45, 7) is 6.74. The number of aliphatic hydroxyl groups excluding tert-OH is 1. The summed E-state index contributed by atoms with van der Waals surface area (Å²) in [7, 11) is 1.63. The topological polar surface area (TPSA) is 50.7 Å². The van der Waals surface area contributed by atoms with Gasteiger partial charge in [-0.05, 0) is 19.1 Å². The molecule has 4 nitrogen and oxygen atoms in total. The largest absolute Gasteiger partial charge is 0.493 e. The number of hydrogen-bond donors (Lipinski definition) is 2. The van der Waals surface area contributed by atoms with Gasteiger partial charge in [0.15, 0.2) is 11.5 Å². The molecule has 0 amide bonds. The quantitative estimate of drug-likeness (QED) is 0.758. The normalized spacial score (nSPS) is 14.2. The minimum Gasteiger partial charge on any atom is -0.493 e. The molecule has 1 unspecified atom stereocenters. The predicted octanol–water partition coefficient (Wildman–Crippen LogP) is 2.21. The number of rotatable bonds is 8. The van der Waals surface area contributed by atoms with Crippen LogP contribution in [0.15, 0.2) is 24.3 Å². The molecule has 19 heavy (non-hydrogen) atoms. The first-order valence-corrected chi connectivity index (χ1v) is 6.65. The van der Waals surface area contributed by atoms with Crippen molar-refractivity contribution >= 4 is 0 Å². The van der Waals surface area contributed by atoms with Crippen molar-refractivity contribution in [1.29, 1.82) is 0 Å². The smallest absolute Gasteiger partial charge is 0.161 e. The highest BCUT2D eigenvalue weighted by Gasteiger charge is 2.23. The van der Waals surface area contributed by atoms with Crippen LogP contribution in [0.25, 0.3) is 0 Å². The molecular weight excluding hydrogens is 242 g/mol. The minimum absolute atomic E-state index is 0.0838. The lowest BCUT2D eigenvalue weighted by Crippen LogP contribution is -2.49. The van der Waals surface area contributed by atoms with E-state index in [0.717, 1.165) is 17.9 Å². The molecule has 4 heteroatoms. The average molecular weight is 267 g/mol. The zero-order valence-corrected chi connectivity index (χ0v) is 12.3. The van der Waals surface area contributed by atoms with Crippen molar-refractivity contribution in [2.45, 2.75) is 38.8 Å². The van der Waals surface area contributed by atoms with Crippen molar-refractivity contribution < 1.29 is 14.6 Å². The first-order chi connectivity index (χ1) is 9.00. The lowest BCUT2D eigenvalue weighted by atomic mass is 9.98. The summed E-state index contributed by atoms with van der Waals surface area (Å²) in [6, 6.07) is 7.89. The Bertz CT molecular complexity index is 381. The lowest BCUT2D eigenvalue weighted by molar-refractivity contribution is 0.135. The van der Waals surface area contributed by atoms with Gasteiger partial charge in [-0.25, -0.2) is 0 Å². The molecule has 1 aromatic rings. The first kappa shape index (κ1) is 15.8. The van der Waals surface area contributed by atoms with Gasteiger partial charge in [0.05, 0.1) is 20.3 Å².